The maximum Gasteiger partial charge on any atom is 0.231 e. The minimum atomic E-state index is 0.255. The van der Waals surface area contributed by atoms with Gasteiger partial charge in [-0.1, -0.05) is 18.2 Å². The molecule has 1 atom stereocenters. The average Bonchev–Trinajstić information content (AvgIpc) is 3.39. The number of hydrogen-bond acceptors (Lipinski definition) is 4. The van der Waals surface area contributed by atoms with Gasteiger partial charge in [-0.2, -0.15) is 4.68 Å². The predicted molar refractivity (Wildman–Crippen MR) is 120 cm³/mol. The molecule has 31 heavy (non-hydrogen) atoms. The van der Waals surface area contributed by atoms with Crippen LogP contribution in [0.4, 0.5) is 0 Å². The highest BCUT2D eigenvalue weighted by molar-refractivity contribution is 7.71. The molecule has 162 valence electrons. The van der Waals surface area contributed by atoms with Gasteiger partial charge in [-0.05, 0) is 42.5 Å². The van der Waals surface area contributed by atoms with Gasteiger partial charge in [0.25, 0.3) is 0 Å². The predicted octanol–water partition coefficient (Wildman–Crippen LogP) is 0.948. The van der Waals surface area contributed by atoms with Crippen molar-refractivity contribution < 1.29 is 19.3 Å². The van der Waals surface area contributed by atoms with Gasteiger partial charge in [0.2, 0.25) is 11.6 Å². The van der Waals surface area contributed by atoms with Gasteiger partial charge in [-0.25, -0.2) is 0 Å². The fourth-order valence-electron chi connectivity index (χ4n) is 4.51. The molecule has 1 fully saturated rings. The summed E-state index contributed by atoms with van der Waals surface area (Å²) in [5, 5.41) is 4.98. The lowest BCUT2D eigenvalue weighted by Gasteiger charge is -2.30. The Morgan fingerprint density at radius 1 is 1.10 bits per heavy atom. The molecule has 1 saturated heterocycles. The Kier molecular flexibility index (Phi) is 5.52. The molecule has 0 spiro atoms. The van der Waals surface area contributed by atoms with Crippen molar-refractivity contribution in [3.05, 3.63) is 53.3 Å². The Morgan fingerprint density at radius 3 is 2.61 bits per heavy atom. The van der Waals surface area contributed by atoms with Crippen LogP contribution < -0.4 is 19.3 Å². The summed E-state index contributed by atoms with van der Waals surface area (Å²) in [6.45, 7) is 3.47. The lowest BCUT2D eigenvalue weighted by atomic mass is 10.0. The van der Waals surface area contributed by atoms with Crippen LogP contribution in [0.1, 0.15) is 12.8 Å². The first-order chi connectivity index (χ1) is 15.1. The number of benzene rings is 2. The fraction of sp³-hybridized carbons (Fsp3) is 0.391. The van der Waals surface area contributed by atoms with Crippen molar-refractivity contribution >= 4 is 12.2 Å². The van der Waals surface area contributed by atoms with Crippen molar-refractivity contribution in [1.29, 1.82) is 0 Å². The van der Waals surface area contributed by atoms with E-state index in [4.69, 9.17) is 26.8 Å². The first kappa shape index (κ1) is 20.2. The molecule has 7 nitrogen and oxygen atoms in total. The van der Waals surface area contributed by atoms with E-state index in [0.717, 1.165) is 35.2 Å². The SMILES string of the molecule is C[NH+]1CCC([NH+](C)Cn2nc(-c3ccc4c(c3)OCO4)n(-c3ccccc3)c2=S)CC1. The van der Waals surface area contributed by atoms with E-state index in [9.17, 15) is 0 Å². The minimum Gasteiger partial charge on any atom is -0.454 e. The molecular weight excluding hydrogens is 410 g/mol. The third kappa shape index (κ3) is 3.98. The van der Waals surface area contributed by atoms with Crippen molar-refractivity contribution in [2.24, 2.45) is 0 Å². The first-order valence-electron chi connectivity index (χ1n) is 10.9. The number of nitrogens with zero attached hydrogens (tertiary/aromatic N) is 3. The van der Waals surface area contributed by atoms with Gasteiger partial charge in [0.15, 0.2) is 24.0 Å². The first-order valence-corrected chi connectivity index (χ1v) is 11.3. The summed E-state index contributed by atoms with van der Waals surface area (Å²) >= 11 is 5.92. The van der Waals surface area contributed by atoms with Crippen molar-refractivity contribution in [3.8, 4) is 28.6 Å². The highest BCUT2D eigenvalue weighted by Gasteiger charge is 2.27. The van der Waals surface area contributed by atoms with Gasteiger partial charge in [0.1, 0.15) is 0 Å². The van der Waals surface area contributed by atoms with Gasteiger partial charge < -0.3 is 19.3 Å². The van der Waals surface area contributed by atoms with E-state index < -0.39 is 0 Å². The van der Waals surface area contributed by atoms with Crippen LogP contribution >= 0.6 is 12.2 Å². The largest absolute Gasteiger partial charge is 0.454 e. The number of hydrogen-bond donors (Lipinski definition) is 2. The zero-order chi connectivity index (χ0) is 21.4. The molecule has 0 radical (unpaired) electrons. The number of piperidine rings is 1. The van der Waals surface area contributed by atoms with E-state index in [1.807, 2.05) is 41.1 Å². The number of rotatable bonds is 5. The van der Waals surface area contributed by atoms with E-state index in [1.165, 1.54) is 30.8 Å². The number of nitrogens with one attached hydrogen (secondary N) is 2. The van der Waals surface area contributed by atoms with Crippen LogP contribution in [0.3, 0.4) is 0 Å². The smallest absolute Gasteiger partial charge is 0.231 e. The second-order valence-corrected chi connectivity index (χ2v) is 8.95. The van der Waals surface area contributed by atoms with Gasteiger partial charge in [0, 0.05) is 24.1 Å². The normalized spacial score (nSPS) is 21.2. The molecule has 1 aromatic heterocycles. The van der Waals surface area contributed by atoms with E-state index in [1.54, 1.807) is 4.90 Å². The molecule has 2 aliphatic rings. The van der Waals surface area contributed by atoms with Gasteiger partial charge in [-0.15, -0.1) is 5.10 Å². The molecule has 0 bridgehead atoms. The van der Waals surface area contributed by atoms with Crippen molar-refractivity contribution in [3.63, 3.8) is 0 Å². The molecule has 8 heteroatoms. The lowest BCUT2D eigenvalue weighted by Crippen LogP contribution is -3.17. The summed E-state index contributed by atoms with van der Waals surface area (Å²) in [7, 11) is 4.54. The van der Waals surface area contributed by atoms with Crippen LogP contribution in [0.2, 0.25) is 0 Å². The van der Waals surface area contributed by atoms with E-state index in [2.05, 4.69) is 30.8 Å². The molecule has 1 unspecified atom stereocenters. The topological polar surface area (TPSA) is 50.1 Å². The summed E-state index contributed by atoms with van der Waals surface area (Å²) in [6, 6.07) is 16.8. The van der Waals surface area contributed by atoms with Gasteiger partial charge >= 0.3 is 0 Å². The second kappa shape index (κ2) is 8.45. The van der Waals surface area contributed by atoms with Crippen LogP contribution in [0, 0.1) is 4.77 Å². The number of ether oxygens (including phenoxy) is 2. The minimum absolute atomic E-state index is 0.255. The third-order valence-corrected chi connectivity index (χ3v) is 6.81. The van der Waals surface area contributed by atoms with Crippen LogP contribution in [0.25, 0.3) is 17.1 Å². The molecule has 2 N–H and O–H groups in total. The summed E-state index contributed by atoms with van der Waals surface area (Å²) in [6.07, 6.45) is 2.47. The highest BCUT2D eigenvalue weighted by atomic mass is 32.1. The number of likely N-dealkylation sites (tertiary alicyclic amines) is 1. The fourth-order valence-corrected chi connectivity index (χ4v) is 4.81. The zero-order valence-electron chi connectivity index (χ0n) is 18.0. The molecular formula is C23H29N5O2S+2. The Balaban J connectivity index is 1.52. The monoisotopic (exact) mass is 439 g/mol. The summed E-state index contributed by atoms with van der Waals surface area (Å²) in [5.41, 5.74) is 1.96. The van der Waals surface area contributed by atoms with Crippen LogP contribution in [-0.4, -0.2) is 54.4 Å². The molecule has 2 aromatic carbocycles. The molecule has 0 amide bonds. The maximum absolute atomic E-state index is 5.92. The lowest BCUT2D eigenvalue weighted by molar-refractivity contribution is -0.954. The Labute approximate surface area is 187 Å². The van der Waals surface area contributed by atoms with E-state index in [-0.39, 0.29) is 6.79 Å². The molecule has 2 aliphatic heterocycles. The number of quaternary nitrogens is 2. The summed E-state index contributed by atoms with van der Waals surface area (Å²) < 4.78 is 15.8. The summed E-state index contributed by atoms with van der Waals surface area (Å²) in [4.78, 5) is 3.08. The average molecular weight is 440 g/mol. The Bertz CT molecular complexity index is 1120. The Hall–Kier alpha value is -2.68. The molecule has 0 saturated carbocycles. The van der Waals surface area contributed by atoms with E-state index in [0.29, 0.717) is 10.8 Å². The van der Waals surface area contributed by atoms with Crippen molar-refractivity contribution in [1.82, 2.24) is 14.3 Å². The van der Waals surface area contributed by atoms with Crippen molar-refractivity contribution in [2.75, 3.05) is 34.0 Å². The van der Waals surface area contributed by atoms with Gasteiger partial charge in [0.05, 0.1) is 33.2 Å². The van der Waals surface area contributed by atoms with Crippen LogP contribution in [0.5, 0.6) is 11.5 Å². The molecule has 5 rings (SSSR count). The van der Waals surface area contributed by atoms with Crippen LogP contribution in [0.15, 0.2) is 48.5 Å². The maximum atomic E-state index is 5.92. The summed E-state index contributed by atoms with van der Waals surface area (Å²) in [5.74, 6) is 2.32. The zero-order valence-corrected chi connectivity index (χ0v) is 18.8. The highest BCUT2D eigenvalue weighted by Crippen LogP contribution is 2.36. The number of fused-ring (bicyclic) bond motifs is 1. The quantitative estimate of drug-likeness (QED) is 0.582. The molecule has 3 heterocycles. The number of aromatic nitrogens is 3. The second-order valence-electron chi connectivity index (χ2n) is 8.58. The third-order valence-electron chi connectivity index (χ3n) is 6.42. The van der Waals surface area contributed by atoms with Crippen molar-refractivity contribution in [2.45, 2.75) is 25.6 Å². The molecule has 3 aromatic rings. The van der Waals surface area contributed by atoms with E-state index >= 15 is 0 Å². The standard InChI is InChI=1S/C23H27N5O2S/c1-25-12-10-18(11-13-25)26(2)15-27-23(31)28(19-6-4-3-5-7-19)22(24-27)17-8-9-20-21(14-17)30-16-29-20/h3-9,14,18H,10-13,15-16H2,1-2H3/p+2. The Morgan fingerprint density at radius 2 is 1.84 bits per heavy atom. The van der Waals surface area contributed by atoms with Gasteiger partial charge in [-0.3, -0.25) is 4.57 Å². The molecule has 0 aliphatic carbocycles. The number of para-hydroxylation sites is 1. The van der Waals surface area contributed by atoms with Crippen LogP contribution in [-0.2, 0) is 6.67 Å².